The molecule has 0 amide bonds. The first kappa shape index (κ1) is 21.7. The van der Waals surface area contributed by atoms with E-state index in [9.17, 15) is 18.0 Å². The number of halogens is 5. The van der Waals surface area contributed by atoms with Crippen molar-refractivity contribution >= 4 is 35.2 Å². The van der Waals surface area contributed by atoms with Crippen molar-refractivity contribution in [2.45, 2.75) is 45.4 Å². The highest BCUT2D eigenvalue weighted by molar-refractivity contribution is 6.38. The lowest BCUT2D eigenvalue weighted by atomic mass is 10.0. The summed E-state index contributed by atoms with van der Waals surface area (Å²) < 4.78 is 50.2. The van der Waals surface area contributed by atoms with Crippen molar-refractivity contribution in [1.82, 2.24) is 0 Å². The number of carboxylic acids is 1. The van der Waals surface area contributed by atoms with Crippen LogP contribution in [0.5, 0.6) is 11.5 Å². The lowest BCUT2D eigenvalue weighted by Crippen LogP contribution is -2.40. The average Bonchev–Trinajstić information content (AvgIpc) is 2.58. The predicted octanol–water partition coefficient (Wildman–Crippen LogP) is 5.99. The third kappa shape index (κ3) is 4.82. The molecule has 0 saturated carbocycles. The van der Waals surface area contributed by atoms with Gasteiger partial charge in [-0.2, -0.15) is 13.2 Å². The maximum Gasteiger partial charge on any atom is 0.430 e. The van der Waals surface area contributed by atoms with Crippen LogP contribution in [0.3, 0.4) is 0 Å². The molecule has 0 fully saturated rings. The Hall–Kier alpha value is -1.60. The number of rotatable bonds is 7. The van der Waals surface area contributed by atoms with E-state index >= 15 is 0 Å². The number of hydrogen-bond donors (Lipinski definition) is 1. The van der Waals surface area contributed by atoms with Gasteiger partial charge in [-0.1, -0.05) is 49.9 Å². The molecule has 1 aromatic carbocycles. The zero-order chi connectivity index (χ0) is 20.4. The molecule has 4 nitrogen and oxygen atoms in total. The van der Waals surface area contributed by atoms with E-state index < -0.39 is 23.8 Å². The Morgan fingerprint density at radius 3 is 2.56 bits per heavy atom. The molecule has 0 aromatic heterocycles. The van der Waals surface area contributed by atoms with Crippen LogP contribution in [-0.4, -0.2) is 30.0 Å². The Balaban J connectivity index is 2.41. The molecule has 2 atom stereocenters. The second-order valence-corrected chi connectivity index (χ2v) is 7.02. The fourth-order valence-corrected chi connectivity index (χ4v) is 3.44. The lowest BCUT2D eigenvalue weighted by molar-refractivity contribution is -0.187. The molecule has 0 spiro atoms. The van der Waals surface area contributed by atoms with Gasteiger partial charge in [-0.25, -0.2) is 4.79 Å². The lowest BCUT2D eigenvalue weighted by Gasteiger charge is -2.28. The van der Waals surface area contributed by atoms with E-state index in [4.69, 9.17) is 37.8 Å². The van der Waals surface area contributed by atoms with Crippen LogP contribution >= 0.6 is 23.2 Å². The molecule has 150 valence electrons. The van der Waals surface area contributed by atoms with Gasteiger partial charge in [0.05, 0.1) is 17.2 Å². The molecule has 9 heteroatoms. The van der Waals surface area contributed by atoms with Gasteiger partial charge in [-0.15, -0.1) is 0 Å². The second-order valence-electron chi connectivity index (χ2n) is 6.24. The summed E-state index contributed by atoms with van der Waals surface area (Å²) >= 11 is 12.4. The van der Waals surface area contributed by atoms with Crippen LogP contribution in [0.15, 0.2) is 11.6 Å². The van der Waals surface area contributed by atoms with Crippen molar-refractivity contribution in [3.63, 3.8) is 0 Å². The zero-order valence-electron chi connectivity index (χ0n) is 14.7. The molecule has 0 bridgehead atoms. The molecular weight excluding hydrogens is 408 g/mol. The minimum Gasteiger partial charge on any atom is -0.490 e. The number of hydrogen-bond acceptors (Lipinski definition) is 3. The molecule has 0 saturated heterocycles. The highest BCUT2D eigenvalue weighted by Crippen LogP contribution is 2.47. The first-order valence-electron chi connectivity index (χ1n) is 8.43. The monoisotopic (exact) mass is 426 g/mol. The quantitative estimate of drug-likeness (QED) is 0.581. The van der Waals surface area contributed by atoms with Gasteiger partial charge in [0, 0.05) is 5.56 Å². The molecule has 1 heterocycles. The minimum absolute atomic E-state index is 0.0275. The van der Waals surface area contributed by atoms with Crippen LogP contribution in [0.1, 0.15) is 38.7 Å². The fraction of sp³-hybridized carbons (Fsp3) is 0.500. The number of aliphatic carboxylic acids is 1. The number of carboxylic acid groups (broad SMARTS) is 1. The zero-order valence-corrected chi connectivity index (χ0v) is 16.2. The molecule has 0 aliphatic carbocycles. The summed E-state index contributed by atoms with van der Waals surface area (Å²) in [5.41, 5.74) is -0.888. The summed E-state index contributed by atoms with van der Waals surface area (Å²) in [6.07, 6.45) is -3.92. The van der Waals surface area contributed by atoms with Crippen LogP contribution in [0.4, 0.5) is 13.2 Å². The van der Waals surface area contributed by atoms with E-state index in [0.29, 0.717) is 6.61 Å². The largest absolute Gasteiger partial charge is 0.490 e. The SMILES string of the molecule is CCCC(CC)COc1c(Cl)cc2c(c1Cl)OC(C(F)(F)F)C(C(=O)O)=C2. The fourth-order valence-electron chi connectivity index (χ4n) is 2.82. The normalized spacial score (nSPS) is 17.6. The molecular formula is C18H19Cl2F3O4. The summed E-state index contributed by atoms with van der Waals surface area (Å²) in [5.74, 6) is -1.76. The first-order chi connectivity index (χ1) is 12.6. The Labute approximate surface area is 164 Å². The van der Waals surface area contributed by atoms with E-state index in [1.165, 1.54) is 6.07 Å². The van der Waals surface area contributed by atoms with Crippen molar-refractivity contribution in [1.29, 1.82) is 0 Å². The van der Waals surface area contributed by atoms with Crippen LogP contribution < -0.4 is 9.47 Å². The van der Waals surface area contributed by atoms with E-state index in [1.807, 2.05) is 13.8 Å². The molecule has 2 unspecified atom stereocenters. The van der Waals surface area contributed by atoms with Gasteiger partial charge in [-0.05, 0) is 24.5 Å². The van der Waals surface area contributed by atoms with E-state index in [1.54, 1.807) is 0 Å². The summed E-state index contributed by atoms with van der Waals surface area (Å²) in [6, 6.07) is 1.29. The molecule has 1 aliphatic rings. The number of benzene rings is 1. The van der Waals surface area contributed by atoms with Crippen LogP contribution in [0.2, 0.25) is 10.0 Å². The Bertz CT molecular complexity index is 747. The summed E-state index contributed by atoms with van der Waals surface area (Å²) in [6.45, 7) is 4.36. The van der Waals surface area contributed by atoms with Crippen molar-refractivity contribution in [3.05, 3.63) is 27.2 Å². The average molecular weight is 427 g/mol. The van der Waals surface area contributed by atoms with Crippen molar-refractivity contribution in [2.24, 2.45) is 5.92 Å². The molecule has 1 N–H and O–H groups in total. The van der Waals surface area contributed by atoms with Crippen molar-refractivity contribution in [2.75, 3.05) is 6.61 Å². The van der Waals surface area contributed by atoms with Gasteiger partial charge in [-0.3, -0.25) is 0 Å². The Morgan fingerprint density at radius 1 is 1.37 bits per heavy atom. The standard InChI is InChI=1S/C18H19Cl2F3O4/c1-3-5-9(4-2)8-26-15-12(19)7-10-6-11(17(24)25)16(18(21,22)23)27-14(10)13(15)20/h6-7,9,16H,3-5,8H2,1-2H3,(H,24,25). The number of alkyl halides is 3. The number of ether oxygens (including phenoxy) is 2. The smallest absolute Gasteiger partial charge is 0.430 e. The third-order valence-electron chi connectivity index (χ3n) is 4.27. The highest BCUT2D eigenvalue weighted by Gasteiger charge is 2.49. The predicted molar refractivity (Wildman–Crippen MR) is 96.7 cm³/mol. The minimum atomic E-state index is -4.92. The van der Waals surface area contributed by atoms with Crippen LogP contribution in [-0.2, 0) is 4.79 Å². The van der Waals surface area contributed by atoms with Gasteiger partial charge in [0.15, 0.2) is 5.75 Å². The van der Waals surface area contributed by atoms with E-state index in [2.05, 4.69) is 0 Å². The van der Waals surface area contributed by atoms with Crippen LogP contribution in [0, 0.1) is 5.92 Å². The van der Waals surface area contributed by atoms with Gasteiger partial charge >= 0.3 is 12.1 Å². The van der Waals surface area contributed by atoms with Crippen molar-refractivity contribution < 1.29 is 32.5 Å². The van der Waals surface area contributed by atoms with Gasteiger partial charge in [0.1, 0.15) is 10.8 Å². The summed E-state index contributed by atoms with van der Waals surface area (Å²) in [5, 5.41) is 8.93. The molecule has 1 aromatic rings. The Morgan fingerprint density at radius 2 is 2.04 bits per heavy atom. The second kappa shape index (κ2) is 8.61. The first-order valence-corrected chi connectivity index (χ1v) is 9.18. The topological polar surface area (TPSA) is 55.8 Å². The molecule has 2 rings (SSSR count). The molecule has 1 aliphatic heterocycles. The molecule has 0 radical (unpaired) electrons. The number of fused-ring (bicyclic) bond motifs is 1. The van der Waals surface area contributed by atoms with Gasteiger partial charge < -0.3 is 14.6 Å². The van der Waals surface area contributed by atoms with E-state index in [-0.39, 0.29) is 33.0 Å². The maximum atomic E-state index is 13.2. The summed E-state index contributed by atoms with van der Waals surface area (Å²) in [7, 11) is 0. The summed E-state index contributed by atoms with van der Waals surface area (Å²) in [4.78, 5) is 11.2. The van der Waals surface area contributed by atoms with Gasteiger partial charge in [0.25, 0.3) is 0 Å². The van der Waals surface area contributed by atoms with Crippen LogP contribution in [0.25, 0.3) is 6.08 Å². The number of carbonyl (C=O) groups is 1. The molecule has 27 heavy (non-hydrogen) atoms. The van der Waals surface area contributed by atoms with Crippen molar-refractivity contribution in [3.8, 4) is 11.5 Å². The Kier molecular flexibility index (Phi) is 6.92. The third-order valence-corrected chi connectivity index (χ3v) is 4.90. The van der Waals surface area contributed by atoms with Gasteiger partial charge in [0.2, 0.25) is 6.10 Å². The highest BCUT2D eigenvalue weighted by atomic mass is 35.5. The van der Waals surface area contributed by atoms with E-state index in [0.717, 1.165) is 25.3 Å². The maximum absolute atomic E-state index is 13.2.